The number of rotatable bonds is 0. The van der Waals surface area contributed by atoms with Gasteiger partial charge in [-0.2, -0.15) is 0 Å². The fraction of sp³-hybridized carbons (Fsp3) is 0.200. The number of hydrogen-bond donors (Lipinski definition) is 2. The molecule has 0 aliphatic heterocycles. The fourth-order valence-electron chi connectivity index (χ4n) is 1.51. The highest BCUT2D eigenvalue weighted by Crippen LogP contribution is 2.25. The predicted molar refractivity (Wildman–Crippen MR) is 49.4 cm³/mol. The quantitative estimate of drug-likeness (QED) is 0.611. The molecule has 0 aliphatic carbocycles. The molecule has 0 spiro atoms. The molecule has 62 valence electrons. The predicted octanol–water partition coefficient (Wildman–Crippen LogP) is 2.49. The summed E-state index contributed by atoms with van der Waals surface area (Å²) in [5.41, 5.74) is 2.99. The smallest absolute Gasteiger partial charge is 0.139 e. The molecular formula is C10H11NO. The molecule has 0 unspecified atom stereocenters. The lowest BCUT2D eigenvalue weighted by molar-refractivity contribution is 0.480. The van der Waals surface area contributed by atoms with Gasteiger partial charge in [-0.1, -0.05) is 0 Å². The van der Waals surface area contributed by atoms with Crippen LogP contribution < -0.4 is 0 Å². The summed E-state index contributed by atoms with van der Waals surface area (Å²) in [4.78, 5) is 3.10. The molecule has 2 heteroatoms. The lowest BCUT2D eigenvalue weighted by Crippen LogP contribution is -1.74. The highest BCUT2D eigenvalue weighted by Gasteiger charge is 2.02. The van der Waals surface area contributed by atoms with Gasteiger partial charge in [0.1, 0.15) is 5.75 Å². The van der Waals surface area contributed by atoms with Crippen LogP contribution in [-0.4, -0.2) is 10.1 Å². The number of aromatic hydroxyl groups is 1. The monoisotopic (exact) mass is 161 g/mol. The van der Waals surface area contributed by atoms with Crippen molar-refractivity contribution >= 4 is 10.9 Å². The number of fused-ring (bicyclic) bond motifs is 1. The molecule has 1 aromatic heterocycles. The zero-order valence-corrected chi connectivity index (χ0v) is 7.18. The molecule has 2 nitrogen and oxygen atoms in total. The Labute approximate surface area is 70.8 Å². The molecule has 1 heterocycles. The Balaban J connectivity index is 2.88. The van der Waals surface area contributed by atoms with E-state index in [-0.39, 0.29) is 0 Å². The van der Waals surface area contributed by atoms with E-state index in [0.717, 1.165) is 22.2 Å². The van der Waals surface area contributed by atoms with Crippen LogP contribution in [0.3, 0.4) is 0 Å². The van der Waals surface area contributed by atoms with Crippen molar-refractivity contribution in [3.63, 3.8) is 0 Å². The maximum Gasteiger partial charge on any atom is 0.139 e. The van der Waals surface area contributed by atoms with Crippen LogP contribution >= 0.6 is 0 Å². The lowest BCUT2D eigenvalue weighted by atomic mass is 10.1. The third kappa shape index (κ3) is 0.961. The minimum absolute atomic E-state index is 0.332. The number of nitrogens with one attached hydrogen (secondary N) is 1. The van der Waals surface area contributed by atoms with Gasteiger partial charge in [0.2, 0.25) is 0 Å². The van der Waals surface area contributed by atoms with E-state index in [9.17, 15) is 5.11 Å². The van der Waals surface area contributed by atoms with E-state index in [2.05, 4.69) is 11.1 Å². The van der Waals surface area contributed by atoms with Crippen molar-refractivity contribution < 1.29 is 5.11 Å². The highest BCUT2D eigenvalue weighted by molar-refractivity contribution is 5.86. The normalized spacial score (nSPS) is 10.8. The number of benzene rings is 1. The third-order valence-corrected chi connectivity index (χ3v) is 1.99. The minimum atomic E-state index is 0.332. The van der Waals surface area contributed by atoms with Crippen LogP contribution in [-0.2, 0) is 0 Å². The van der Waals surface area contributed by atoms with Gasteiger partial charge in [0.15, 0.2) is 0 Å². The van der Waals surface area contributed by atoms with Crippen LogP contribution in [0.5, 0.6) is 5.75 Å². The van der Waals surface area contributed by atoms with E-state index in [1.165, 1.54) is 0 Å². The van der Waals surface area contributed by atoms with Crippen molar-refractivity contribution in [1.82, 2.24) is 4.98 Å². The molecule has 0 atom stereocenters. The molecule has 12 heavy (non-hydrogen) atoms. The van der Waals surface area contributed by atoms with Gasteiger partial charge in [0, 0.05) is 11.1 Å². The van der Waals surface area contributed by atoms with E-state index < -0.39 is 0 Å². The van der Waals surface area contributed by atoms with Gasteiger partial charge in [-0.3, -0.25) is 0 Å². The standard InChI is InChI=1S/C10H11NO/c1-6-3-8-5-7(2)11-10(8)9(12)4-6/h3-5,11-12H,1-2H3. The summed E-state index contributed by atoms with van der Waals surface area (Å²) in [5, 5.41) is 10.6. The third-order valence-electron chi connectivity index (χ3n) is 1.99. The number of aromatic nitrogens is 1. The van der Waals surface area contributed by atoms with Gasteiger partial charge in [0.25, 0.3) is 0 Å². The van der Waals surface area contributed by atoms with E-state index in [1.54, 1.807) is 6.07 Å². The summed E-state index contributed by atoms with van der Waals surface area (Å²) >= 11 is 0. The summed E-state index contributed by atoms with van der Waals surface area (Å²) in [7, 11) is 0. The fourth-order valence-corrected chi connectivity index (χ4v) is 1.51. The Kier molecular flexibility index (Phi) is 1.37. The molecular weight excluding hydrogens is 150 g/mol. The van der Waals surface area contributed by atoms with Crippen molar-refractivity contribution in [3.8, 4) is 5.75 Å². The highest BCUT2D eigenvalue weighted by atomic mass is 16.3. The minimum Gasteiger partial charge on any atom is -0.506 e. The van der Waals surface area contributed by atoms with Crippen molar-refractivity contribution in [1.29, 1.82) is 0 Å². The molecule has 2 rings (SSSR count). The maximum absolute atomic E-state index is 9.53. The number of phenols is 1. The van der Waals surface area contributed by atoms with E-state index in [4.69, 9.17) is 0 Å². The van der Waals surface area contributed by atoms with Crippen LogP contribution in [0.1, 0.15) is 11.3 Å². The second-order valence-corrected chi connectivity index (χ2v) is 3.20. The first-order valence-electron chi connectivity index (χ1n) is 3.96. The Bertz CT molecular complexity index is 429. The maximum atomic E-state index is 9.53. The van der Waals surface area contributed by atoms with E-state index in [0.29, 0.717) is 5.75 Å². The zero-order valence-electron chi connectivity index (χ0n) is 7.18. The van der Waals surface area contributed by atoms with Crippen molar-refractivity contribution in [2.24, 2.45) is 0 Å². The van der Waals surface area contributed by atoms with Crippen LogP contribution in [0.15, 0.2) is 18.2 Å². The number of aryl methyl sites for hydroxylation is 2. The largest absolute Gasteiger partial charge is 0.506 e. The first-order chi connectivity index (χ1) is 5.66. The SMILES string of the molecule is Cc1cc(O)c2[nH]c(C)cc2c1. The van der Waals surface area contributed by atoms with Gasteiger partial charge in [-0.15, -0.1) is 0 Å². The molecule has 1 aromatic carbocycles. The number of aromatic amines is 1. The molecule has 0 radical (unpaired) electrons. The first kappa shape index (κ1) is 7.22. The van der Waals surface area contributed by atoms with Crippen molar-refractivity contribution in [2.45, 2.75) is 13.8 Å². The summed E-state index contributed by atoms with van der Waals surface area (Å²) in [6.07, 6.45) is 0. The molecule has 0 saturated heterocycles. The molecule has 0 amide bonds. The Hall–Kier alpha value is -1.44. The average molecular weight is 161 g/mol. The van der Waals surface area contributed by atoms with E-state index >= 15 is 0 Å². The number of phenolic OH excluding ortho intramolecular Hbond substituents is 1. The lowest BCUT2D eigenvalue weighted by Gasteiger charge is -1.96. The molecule has 2 N–H and O–H groups in total. The first-order valence-corrected chi connectivity index (χ1v) is 3.96. The number of hydrogen-bond acceptors (Lipinski definition) is 1. The average Bonchev–Trinajstić information content (AvgIpc) is 2.29. The molecule has 0 bridgehead atoms. The Morgan fingerprint density at radius 2 is 1.92 bits per heavy atom. The van der Waals surface area contributed by atoms with Crippen LogP contribution in [0, 0.1) is 13.8 Å². The van der Waals surface area contributed by atoms with Crippen molar-refractivity contribution in [2.75, 3.05) is 0 Å². The van der Waals surface area contributed by atoms with Gasteiger partial charge in [0.05, 0.1) is 5.52 Å². The Morgan fingerprint density at radius 1 is 1.17 bits per heavy atom. The van der Waals surface area contributed by atoms with Gasteiger partial charge < -0.3 is 10.1 Å². The van der Waals surface area contributed by atoms with Gasteiger partial charge in [-0.05, 0) is 37.6 Å². The van der Waals surface area contributed by atoms with Crippen molar-refractivity contribution in [3.05, 3.63) is 29.5 Å². The Morgan fingerprint density at radius 3 is 2.67 bits per heavy atom. The molecule has 0 aliphatic rings. The second kappa shape index (κ2) is 2.27. The summed E-state index contributed by atoms with van der Waals surface area (Å²) in [6.45, 7) is 3.95. The summed E-state index contributed by atoms with van der Waals surface area (Å²) in [6, 6.07) is 5.85. The van der Waals surface area contributed by atoms with E-state index in [1.807, 2.05) is 19.9 Å². The second-order valence-electron chi connectivity index (χ2n) is 3.20. The van der Waals surface area contributed by atoms with Gasteiger partial charge in [-0.25, -0.2) is 0 Å². The van der Waals surface area contributed by atoms with Crippen LogP contribution in [0.2, 0.25) is 0 Å². The zero-order chi connectivity index (χ0) is 8.72. The van der Waals surface area contributed by atoms with Crippen LogP contribution in [0.4, 0.5) is 0 Å². The van der Waals surface area contributed by atoms with Crippen LogP contribution in [0.25, 0.3) is 10.9 Å². The molecule has 0 saturated carbocycles. The summed E-state index contributed by atoms with van der Waals surface area (Å²) < 4.78 is 0. The van der Waals surface area contributed by atoms with Gasteiger partial charge >= 0.3 is 0 Å². The summed E-state index contributed by atoms with van der Waals surface area (Å²) in [5.74, 6) is 0.332. The number of H-pyrrole nitrogens is 1. The molecule has 2 aromatic rings. The topological polar surface area (TPSA) is 36.0 Å². The molecule has 0 fully saturated rings.